The summed E-state index contributed by atoms with van der Waals surface area (Å²) >= 11 is 0. The summed E-state index contributed by atoms with van der Waals surface area (Å²) in [6, 6.07) is 13.6. The van der Waals surface area contributed by atoms with E-state index in [1.807, 2.05) is 47.1 Å². The molecule has 0 spiro atoms. The number of hydrogen-bond donors (Lipinski definition) is 1. The molecule has 1 aliphatic carbocycles. The van der Waals surface area contributed by atoms with Gasteiger partial charge in [0.25, 0.3) is 0 Å². The number of nitrogens with one attached hydrogen (secondary N) is 1. The molecule has 4 rings (SSSR count). The number of tetrazole rings is 1. The lowest BCUT2D eigenvalue weighted by Gasteiger charge is -2.38. The van der Waals surface area contributed by atoms with Crippen LogP contribution in [-0.2, 0) is 5.54 Å². The summed E-state index contributed by atoms with van der Waals surface area (Å²) in [5.74, 6) is 2.94. The van der Waals surface area contributed by atoms with Crippen LogP contribution in [0.3, 0.4) is 0 Å². The third kappa shape index (κ3) is 3.65. The maximum Gasteiger partial charge on any atom is 0.183 e. The van der Waals surface area contributed by atoms with Crippen molar-refractivity contribution in [3.8, 4) is 22.9 Å². The van der Waals surface area contributed by atoms with Crippen LogP contribution in [0.1, 0.15) is 37.9 Å². The van der Waals surface area contributed by atoms with E-state index >= 15 is 0 Å². The van der Waals surface area contributed by atoms with Gasteiger partial charge in [-0.1, -0.05) is 25.3 Å². The van der Waals surface area contributed by atoms with Gasteiger partial charge in [-0.05, 0) is 59.7 Å². The molecule has 3 aromatic rings. The highest BCUT2D eigenvalue weighted by molar-refractivity contribution is 5.64. The maximum absolute atomic E-state index is 5.65. The second kappa shape index (κ2) is 8.61. The van der Waals surface area contributed by atoms with Gasteiger partial charge in [0.05, 0.1) is 38.2 Å². The number of rotatable bonds is 7. The molecule has 158 valence electrons. The lowest BCUT2D eigenvalue weighted by atomic mass is 9.80. The molecule has 1 N–H and O–H groups in total. The van der Waals surface area contributed by atoms with E-state index in [2.05, 4.69) is 20.8 Å². The molecule has 0 aliphatic heterocycles. The van der Waals surface area contributed by atoms with Crippen LogP contribution in [0.15, 0.2) is 42.5 Å². The van der Waals surface area contributed by atoms with E-state index in [4.69, 9.17) is 14.2 Å². The van der Waals surface area contributed by atoms with E-state index in [1.165, 1.54) is 6.42 Å². The molecule has 1 aromatic heterocycles. The highest BCUT2D eigenvalue weighted by atomic mass is 16.5. The van der Waals surface area contributed by atoms with Crippen molar-refractivity contribution in [1.82, 2.24) is 20.2 Å². The molecule has 1 heterocycles. The van der Waals surface area contributed by atoms with E-state index in [0.29, 0.717) is 11.5 Å². The topological polar surface area (TPSA) is 83.3 Å². The number of aromatic nitrogens is 4. The first-order chi connectivity index (χ1) is 14.7. The molecular formula is C22H27N5O3. The Hall–Kier alpha value is -3.29. The zero-order valence-electron chi connectivity index (χ0n) is 17.6. The minimum Gasteiger partial charge on any atom is -0.497 e. The first-order valence-corrected chi connectivity index (χ1v) is 10.1. The monoisotopic (exact) mass is 409 g/mol. The fourth-order valence-electron chi connectivity index (χ4n) is 4.19. The smallest absolute Gasteiger partial charge is 0.183 e. The largest absolute Gasteiger partial charge is 0.497 e. The maximum atomic E-state index is 5.65. The van der Waals surface area contributed by atoms with Gasteiger partial charge in [-0.2, -0.15) is 4.68 Å². The van der Waals surface area contributed by atoms with Crippen LogP contribution in [0.5, 0.6) is 17.2 Å². The third-order valence-corrected chi connectivity index (χ3v) is 5.70. The van der Waals surface area contributed by atoms with Crippen molar-refractivity contribution in [2.75, 3.05) is 26.6 Å². The zero-order chi connectivity index (χ0) is 21.0. The molecule has 0 radical (unpaired) electrons. The fraction of sp³-hybridized carbons (Fsp3) is 0.409. The van der Waals surface area contributed by atoms with E-state index in [9.17, 15) is 0 Å². The quantitative estimate of drug-likeness (QED) is 0.632. The molecule has 0 amide bonds. The molecule has 1 fully saturated rings. The number of benzene rings is 2. The van der Waals surface area contributed by atoms with E-state index < -0.39 is 5.54 Å². The van der Waals surface area contributed by atoms with Crippen LogP contribution in [0.4, 0.5) is 5.69 Å². The van der Waals surface area contributed by atoms with Gasteiger partial charge in [0.1, 0.15) is 5.75 Å². The van der Waals surface area contributed by atoms with Crippen LogP contribution < -0.4 is 19.5 Å². The van der Waals surface area contributed by atoms with Crippen LogP contribution >= 0.6 is 0 Å². The number of anilines is 1. The summed E-state index contributed by atoms with van der Waals surface area (Å²) in [7, 11) is 4.94. The predicted octanol–water partition coefficient (Wildman–Crippen LogP) is 3.96. The van der Waals surface area contributed by atoms with Gasteiger partial charge in [-0.15, -0.1) is 5.10 Å². The minimum absolute atomic E-state index is 0.415. The Kier molecular flexibility index (Phi) is 5.74. The Bertz CT molecular complexity index is 981. The molecule has 2 aromatic carbocycles. The Morgan fingerprint density at radius 3 is 2.33 bits per heavy atom. The second-order valence-electron chi connectivity index (χ2n) is 7.42. The summed E-state index contributed by atoms with van der Waals surface area (Å²) in [6.45, 7) is 0. The molecule has 0 saturated heterocycles. The van der Waals surface area contributed by atoms with Crippen molar-refractivity contribution in [1.29, 1.82) is 0 Å². The molecule has 0 bridgehead atoms. The van der Waals surface area contributed by atoms with Crippen LogP contribution in [0.2, 0.25) is 0 Å². The van der Waals surface area contributed by atoms with Crippen molar-refractivity contribution in [3.05, 3.63) is 48.3 Å². The zero-order valence-corrected chi connectivity index (χ0v) is 17.6. The average Bonchev–Trinajstić information content (AvgIpc) is 3.30. The van der Waals surface area contributed by atoms with Gasteiger partial charge >= 0.3 is 0 Å². The summed E-state index contributed by atoms with van der Waals surface area (Å²) in [5, 5.41) is 16.5. The van der Waals surface area contributed by atoms with Crippen molar-refractivity contribution < 1.29 is 14.2 Å². The number of nitrogens with zero attached hydrogens (tertiary/aromatic N) is 4. The predicted molar refractivity (Wildman–Crippen MR) is 114 cm³/mol. The average molecular weight is 409 g/mol. The van der Waals surface area contributed by atoms with E-state index in [0.717, 1.165) is 48.6 Å². The number of hydrogen-bond acceptors (Lipinski definition) is 7. The highest BCUT2D eigenvalue weighted by Gasteiger charge is 2.40. The van der Waals surface area contributed by atoms with Crippen LogP contribution in [0.25, 0.3) is 5.69 Å². The van der Waals surface area contributed by atoms with Crippen molar-refractivity contribution in [2.24, 2.45) is 0 Å². The second-order valence-corrected chi connectivity index (χ2v) is 7.42. The van der Waals surface area contributed by atoms with Crippen molar-refractivity contribution in [2.45, 2.75) is 37.6 Å². The Balaban J connectivity index is 1.77. The van der Waals surface area contributed by atoms with Crippen molar-refractivity contribution >= 4 is 5.69 Å². The number of para-hydroxylation sites is 1. The standard InChI is InChI=1S/C22H27N5O3/c1-28-17-12-10-16(11-13-17)27-21(24-25-26-27)22(14-5-4-6-15-22)23-18-8-7-9-19(29-2)20(18)30-3/h7-13,23H,4-6,14-15H2,1-3H3. The molecular weight excluding hydrogens is 382 g/mol. The molecule has 30 heavy (non-hydrogen) atoms. The third-order valence-electron chi connectivity index (χ3n) is 5.70. The first-order valence-electron chi connectivity index (χ1n) is 10.1. The lowest BCUT2D eigenvalue weighted by molar-refractivity contribution is 0.306. The van der Waals surface area contributed by atoms with E-state index in [-0.39, 0.29) is 0 Å². The molecule has 0 atom stereocenters. The molecule has 1 aliphatic rings. The van der Waals surface area contributed by atoms with Crippen molar-refractivity contribution in [3.63, 3.8) is 0 Å². The molecule has 0 unspecified atom stereocenters. The first kappa shape index (κ1) is 20.0. The van der Waals surface area contributed by atoms with Gasteiger partial charge in [-0.25, -0.2) is 0 Å². The van der Waals surface area contributed by atoms with E-state index in [1.54, 1.807) is 21.3 Å². The molecule has 8 heteroatoms. The summed E-state index contributed by atoms with van der Waals surface area (Å²) in [4.78, 5) is 0. The minimum atomic E-state index is -0.415. The van der Waals surface area contributed by atoms with Gasteiger partial charge in [0.2, 0.25) is 0 Å². The number of methoxy groups -OCH3 is 3. The Labute approximate surface area is 176 Å². The molecule has 8 nitrogen and oxygen atoms in total. The van der Waals surface area contributed by atoms with Crippen LogP contribution in [0, 0.1) is 0 Å². The van der Waals surface area contributed by atoms with Gasteiger partial charge < -0.3 is 19.5 Å². The van der Waals surface area contributed by atoms with Gasteiger partial charge in [-0.3, -0.25) is 0 Å². The normalized spacial score (nSPS) is 15.4. The summed E-state index contributed by atoms with van der Waals surface area (Å²) in [6.07, 6.45) is 5.22. The Morgan fingerprint density at radius 2 is 1.67 bits per heavy atom. The Morgan fingerprint density at radius 1 is 0.900 bits per heavy atom. The fourth-order valence-corrected chi connectivity index (χ4v) is 4.19. The number of ether oxygens (including phenoxy) is 3. The van der Waals surface area contributed by atoms with Gasteiger partial charge in [0.15, 0.2) is 17.3 Å². The summed E-state index contributed by atoms with van der Waals surface area (Å²) < 4.78 is 18.2. The van der Waals surface area contributed by atoms with Crippen LogP contribution in [-0.4, -0.2) is 41.5 Å². The molecule has 1 saturated carbocycles. The SMILES string of the molecule is COc1ccc(-n2nnnc2C2(Nc3cccc(OC)c3OC)CCCCC2)cc1. The van der Waals surface area contributed by atoms with Gasteiger partial charge in [0, 0.05) is 0 Å². The lowest BCUT2D eigenvalue weighted by Crippen LogP contribution is -2.40. The summed E-state index contributed by atoms with van der Waals surface area (Å²) in [5.41, 5.74) is 1.34. The highest BCUT2D eigenvalue weighted by Crippen LogP contribution is 2.43.